The van der Waals surface area contributed by atoms with Gasteiger partial charge in [0.2, 0.25) is 0 Å². The summed E-state index contributed by atoms with van der Waals surface area (Å²) in [6.45, 7) is 0.0461. The highest BCUT2D eigenvalue weighted by Gasteiger charge is 2.07. The Morgan fingerprint density at radius 1 is 1.54 bits per heavy atom. The van der Waals surface area contributed by atoms with Gasteiger partial charge in [-0.25, -0.2) is 4.39 Å². The van der Waals surface area contributed by atoms with E-state index in [0.717, 1.165) is 10.0 Å². The van der Waals surface area contributed by atoms with Crippen molar-refractivity contribution in [2.24, 2.45) is 0 Å². The topological polar surface area (TPSA) is 20.2 Å². The fraction of sp³-hybridized carbons (Fsp3) is 0.333. The molecule has 0 aliphatic carbocycles. The van der Waals surface area contributed by atoms with Gasteiger partial charge in [0, 0.05) is 11.1 Å². The molecule has 1 aromatic carbocycles. The highest BCUT2D eigenvalue weighted by atomic mass is 79.9. The molecule has 0 saturated carbocycles. The molecule has 13 heavy (non-hydrogen) atoms. The lowest BCUT2D eigenvalue weighted by molar-refractivity contribution is 0.299. The third-order valence-electron chi connectivity index (χ3n) is 1.66. The van der Waals surface area contributed by atoms with Gasteiger partial charge in [-0.1, -0.05) is 0 Å². The van der Waals surface area contributed by atoms with Gasteiger partial charge in [-0.2, -0.15) is 0 Å². The van der Waals surface area contributed by atoms with Crippen LogP contribution < -0.4 is 0 Å². The zero-order valence-electron chi connectivity index (χ0n) is 7.18. The molecule has 72 valence electrons. The molecule has 0 aromatic heterocycles. The lowest BCUT2D eigenvalue weighted by Crippen LogP contribution is -1.93. The van der Waals surface area contributed by atoms with E-state index in [4.69, 9.17) is 5.11 Å². The summed E-state index contributed by atoms with van der Waals surface area (Å²) in [6, 6.07) is 3.30. The number of aliphatic hydroxyl groups is 1. The number of rotatable bonds is 3. The van der Waals surface area contributed by atoms with Gasteiger partial charge in [-0.15, -0.1) is 11.8 Å². The highest BCUT2D eigenvalue weighted by molar-refractivity contribution is 9.10. The van der Waals surface area contributed by atoms with Crippen molar-refractivity contribution in [2.45, 2.75) is 11.3 Å². The van der Waals surface area contributed by atoms with E-state index in [-0.39, 0.29) is 12.4 Å². The van der Waals surface area contributed by atoms with Gasteiger partial charge in [-0.05, 0) is 46.3 Å². The second-order valence-corrected chi connectivity index (χ2v) is 4.24. The molecule has 0 saturated heterocycles. The Balaban J connectivity index is 3.05. The molecule has 0 atom stereocenters. The number of thioether (sulfide) groups is 1. The molecule has 0 unspecified atom stereocenters. The summed E-state index contributed by atoms with van der Waals surface area (Å²) in [7, 11) is 0. The fourth-order valence-electron chi connectivity index (χ4n) is 1.08. The molecule has 0 bridgehead atoms. The SMILES string of the molecule is CSc1c(F)cc(CCO)cc1Br. The third kappa shape index (κ3) is 2.69. The Bertz CT molecular complexity index is 281. The number of halogens is 2. The Labute approximate surface area is 89.5 Å². The van der Waals surface area contributed by atoms with E-state index >= 15 is 0 Å². The smallest absolute Gasteiger partial charge is 0.138 e. The van der Waals surface area contributed by atoms with Crippen LogP contribution >= 0.6 is 27.7 Å². The van der Waals surface area contributed by atoms with E-state index in [0.29, 0.717) is 11.3 Å². The minimum absolute atomic E-state index is 0.0461. The minimum atomic E-state index is -0.231. The van der Waals surface area contributed by atoms with Crippen LogP contribution in [0.4, 0.5) is 4.39 Å². The summed E-state index contributed by atoms with van der Waals surface area (Å²) in [5, 5.41) is 8.69. The molecule has 1 aromatic rings. The van der Waals surface area contributed by atoms with Crippen LogP contribution in [0.2, 0.25) is 0 Å². The Hall–Kier alpha value is -0.0600. The number of benzene rings is 1. The van der Waals surface area contributed by atoms with E-state index < -0.39 is 0 Å². The summed E-state index contributed by atoms with van der Waals surface area (Å²) >= 11 is 4.65. The Kier molecular flexibility index (Phi) is 4.22. The van der Waals surface area contributed by atoms with Crippen molar-refractivity contribution in [2.75, 3.05) is 12.9 Å². The third-order valence-corrected chi connectivity index (χ3v) is 3.37. The van der Waals surface area contributed by atoms with Gasteiger partial charge in [0.15, 0.2) is 0 Å². The van der Waals surface area contributed by atoms with Crippen LogP contribution in [0.5, 0.6) is 0 Å². The predicted octanol–water partition coefficient (Wildman–Crippen LogP) is 2.84. The van der Waals surface area contributed by atoms with Gasteiger partial charge in [-0.3, -0.25) is 0 Å². The maximum Gasteiger partial charge on any atom is 0.138 e. The molecular weight excluding hydrogens is 255 g/mol. The second-order valence-electron chi connectivity index (χ2n) is 2.57. The van der Waals surface area contributed by atoms with E-state index in [9.17, 15) is 4.39 Å². The van der Waals surface area contributed by atoms with Crippen LogP contribution in [0.15, 0.2) is 21.5 Å². The van der Waals surface area contributed by atoms with Crippen LogP contribution in [-0.4, -0.2) is 18.0 Å². The normalized spacial score (nSPS) is 10.5. The molecule has 0 fully saturated rings. The molecule has 0 aliphatic heterocycles. The summed E-state index contributed by atoms with van der Waals surface area (Å²) in [5.41, 5.74) is 0.810. The average molecular weight is 265 g/mol. The first-order valence-corrected chi connectivity index (χ1v) is 5.83. The van der Waals surface area contributed by atoms with Crippen LogP contribution in [0, 0.1) is 5.82 Å². The zero-order chi connectivity index (χ0) is 9.84. The van der Waals surface area contributed by atoms with Crippen LogP contribution in [0.25, 0.3) is 0 Å². The van der Waals surface area contributed by atoms with Crippen LogP contribution in [0.1, 0.15) is 5.56 Å². The number of hydrogen-bond donors (Lipinski definition) is 1. The molecule has 1 rings (SSSR count). The van der Waals surface area contributed by atoms with E-state index in [2.05, 4.69) is 15.9 Å². The fourth-order valence-corrected chi connectivity index (χ4v) is 2.56. The Morgan fingerprint density at radius 2 is 2.23 bits per heavy atom. The summed E-state index contributed by atoms with van der Waals surface area (Å²) < 4.78 is 14.1. The summed E-state index contributed by atoms with van der Waals surface area (Å²) in [4.78, 5) is 0.613. The van der Waals surface area contributed by atoms with Gasteiger partial charge in [0.25, 0.3) is 0 Å². The Morgan fingerprint density at radius 3 is 2.69 bits per heavy atom. The van der Waals surface area contributed by atoms with E-state index in [1.807, 2.05) is 12.3 Å². The first-order chi connectivity index (χ1) is 6.19. The summed E-state index contributed by atoms with van der Waals surface area (Å²) in [6.07, 6.45) is 2.32. The van der Waals surface area contributed by atoms with Gasteiger partial charge >= 0.3 is 0 Å². The standard InChI is InChI=1S/C9H10BrFOS/c1-13-9-7(10)4-6(2-3-12)5-8(9)11/h4-5,12H,2-3H2,1H3. The lowest BCUT2D eigenvalue weighted by atomic mass is 10.1. The maximum atomic E-state index is 13.3. The van der Waals surface area contributed by atoms with Crippen LogP contribution in [0.3, 0.4) is 0 Å². The maximum absolute atomic E-state index is 13.3. The predicted molar refractivity (Wildman–Crippen MR) is 56.7 cm³/mol. The monoisotopic (exact) mass is 264 g/mol. The average Bonchev–Trinajstić information content (AvgIpc) is 2.04. The molecule has 0 spiro atoms. The van der Waals surface area contributed by atoms with Crippen molar-refractivity contribution in [3.8, 4) is 0 Å². The van der Waals surface area contributed by atoms with Crippen molar-refractivity contribution in [3.63, 3.8) is 0 Å². The molecule has 0 aliphatic rings. The molecule has 4 heteroatoms. The molecule has 0 heterocycles. The molecule has 1 N–H and O–H groups in total. The highest BCUT2D eigenvalue weighted by Crippen LogP contribution is 2.29. The van der Waals surface area contributed by atoms with Crippen molar-refractivity contribution >= 4 is 27.7 Å². The summed E-state index contributed by atoms with van der Waals surface area (Å²) in [5.74, 6) is -0.231. The van der Waals surface area contributed by atoms with Gasteiger partial charge in [0.05, 0.1) is 4.90 Å². The quantitative estimate of drug-likeness (QED) is 0.848. The molecule has 0 amide bonds. The first-order valence-electron chi connectivity index (χ1n) is 3.81. The van der Waals surface area contributed by atoms with E-state index in [1.54, 1.807) is 0 Å². The van der Waals surface area contributed by atoms with Crippen LogP contribution in [-0.2, 0) is 6.42 Å². The molecule has 0 radical (unpaired) electrons. The van der Waals surface area contributed by atoms with Crippen molar-refractivity contribution in [1.82, 2.24) is 0 Å². The molecule has 1 nitrogen and oxygen atoms in total. The number of hydrogen-bond acceptors (Lipinski definition) is 2. The van der Waals surface area contributed by atoms with Gasteiger partial charge in [0.1, 0.15) is 5.82 Å². The van der Waals surface area contributed by atoms with Crippen molar-refractivity contribution in [3.05, 3.63) is 28.0 Å². The number of aliphatic hydroxyl groups excluding tert-OH is 1. The first kappa shape index (κ1) is 11.0. The van der Waals surface area contributed by atoms with Crippen molar-refractivity contribution < 1.29 is 9.50 Å². The zero-order valence-corrected chi connectivity index (χ0v) is 9.58. The lowest BCUT2D eigenvalue weighted by Gasteiger charge is -2.05. The van der Waals surface area contributed by atoms with Gasteiger partial charge < -0.3 is 5.11 Å². The van der Waals surface area contributed by atoms with Crippen molar-refractivity contribution in [1.29, 1.82) is 0 Å². The molecular formula is C9H10BrFOS. The second kappa shape index (κ2) is 4.98. The largest absolute Gasteiger partial charge is 0.396 e. The van der Waals surface area contributed by atoms with E-state index in [1.165, 1.54) is 17.8 Å². The minimum Gasteiger partial charge on any atom is -0.396 e.